The molecule has 0 aliphatic carbocycles. The normalized spacial score (nSPS) is 15.2. The summed E-state index contributed by atoms with van der Waals surface area (Å²) in [4.78, 5) is 26.4. The lowest BCUT2D eigenvalue weighted by molar-refractivity contribution is 0.0773. The van der Waals surface area contributed by atoms with Crippen molar-refractivity contribution < 1.29 is 13.9 Å². The quantitative estimate of drug-likeness (QED) is 0.808. The number of benzene rings is 1. The summed E-state index contributed by atoms with van der Waals surface area (Å²) in [5.74, 6) is 2.37. The third-order valence-electron chi connectivity index (χ3n) is 3.62. The maximum absolute atomic E-state index is 12.7. The van der Waals surface area contributed by atoms with Crippen LogP contribution >= 0.6 is 11.8 Å². The van der Waals surface area contributed by atoms with E-state index in [1.54, 1.807) is 23.1 Å². The van der Waals surface area contributed by atoms with E-state index < -0.39 is 5.63 Å². The molecule has 1 aliphatic rings. The molecule has 0 unspecified atom stereocenters. The summed E-state index contributed by atoms with van der Waals surface area (Å²) in [6.45, 7) is 5.27. The second-order valence-electron chi connectivity index (χ2n) is 5.71. The van der Waals surface area contributed by atoms with Gasteiger partial charge < -0.3 is 14.1 Å². The SMILES string of the molecule is CC(C)Oc1ccc2c(C(=O)N3CCSCC3)cc(=O)oc2c1. The number of ether oxygens (including phenoxy) is 1. The minimum absolute atomic E-state index is 0.0230. The largest absolute Gasteiger partial charge is 0.491 e. The lowest BCUT2D eigenvalue weighted by atomic mass is 10.1. The maximum atomic E-state index is 12.7. The number of hydrogen-bond acceptors (Lipinski definition) is 5. The Kier molecular flexibility index (Phi) is 4.61. The number of nitrogens with zero attached hydrogens (tertiary/aromatic N) is 1. The van der Waals surface area contributed by atoms with Crippen LogP contribution in [0.25, 0.3) is 11.0 Å². The molecule has 0 bridgehead atoms. The van der Waals surface area contributed by atoms with E-state index in [4.69, 9.17) is 9.15 Å². The second kappa shape index (κ2) is 6.66. The van der Waals surface area contributed by atoms with Crippen molar-refractivity contribution in [1.29, 1.82) is 0 Å². The number of rotatable bonds is 3. The maximum Gasteiger partial charge on any atom is 0.337 e. The van der Waals surface area contributed by atoms with Gasteiger partial charge in [-0.05, 0) is 26.0 Å². The van der Waals surface area contributed by atoms with E-state index in [0.29, 0.717) is 35.4 Å². The van der Waals surface area contributed by atoms with Crippen LogP contribution in [-0.4, -0.2) is 41.5 Å². The third-order valence-corrected chi connectivity index (χ3v) is 4.56. The molecule has 0 spiro atoms. The number of thioether (sulfide) groups is 1. The predicted octanol–water partition coefficient (Wildman–Crippen LogP) is 2.77. The van der Waals surface area contributed by atoms with Crippen molar-refractivity contribution in [3.8, 4) is 5.75 Å². The summed E-state index contributed by atoms with van der Waals surface area (Å²) in [6, 6.07) is 6.53. The summed E-state index contributed by atoms with van der Waals surface area (Å²) >= 11 is 1.83. The Morgan fingerprint density at radius 1 is 1.26 bits per heavy atom. The highest BCUT2D eigenvalue weighted by molar-refractivity contribution is 7.99. The minimum Gasteiger partial charge on any atom is -0.491 e. The fourth-order valence-corrected chi connectivity index (χ4v) is 3.51. The van der Waals surface area contributed by atoms with Gasteiger partial charge in [-0.25, -0.2) is 4.79 Å². The van der Waals surface area contributed by atoms with Crippen molar-refractivity contribution >= 4 is 28.6 Å². The van der Waals surface area contributed by atoms with Crippen LogP contribution in [0, 0.1) is 0 Å². The first-order chi connectivity index (χ1) is 11.0. The van der Waals surface area contributed by atoms with Crippen LogP contribution in [0.4, 0.5) is 0 Å². The highest BCUT2D eigenvalue weighted by atomic mass is 32.2. The first-order valence-corrected chi connectivity index (χ1v) is 8.81. The number of carbonyl (C=O) groups excluding carboxylic acids is 1. The summed E-state index contributed by atoms with van der Waals surface area (Å²) in [5.41, 5.74) is 0.263. The Hall–Kier alpha value is -1.95. The molecule has 1 fully saturated rings. The molecule has 1 aliphatic heterocycles. The number of hydrogen-bond donors (Lipinski definition) is 0. The van der Waals surface area contributed by atoms with E-state index in [1.807, 2.05) is 25.6 Å². The molecule has 2 heterocycles. The Labute approximate surface area is 138 Å². The standard InChI is InChI=1S/C17H19NO4S/c1-11(2)21-12-3-4-13-14(10-16(19)22-15(13)9-12)17(20)18-5-7-23-8-6-18/h3-4,9-11H,5-8H2,1-2H3. The van der Waals surface area contributed by atoms with Crippen molar-refractivity contribution in [2.45, 2.75) is 20.0 Å². The lowest BCUT2D eigenvalue weighted by Crippen LogP contribution is -2.38. The zero-order valence-corrected chi connectivity index (χ0v) is 14.0. The first-order valence-electron chi connectivity index (χ1n) is 7.66. The van der Waals surface area contributed by atoms with Crippen LogP contribution < -0.4 is 10.4 Å². The van der Waals surface area contributed by atoms with E-state index in [9.17, 15) is 9.59 Å². The van der Waals surface area contributed by atoms with Gasteiger partial charge in [0.15, 0.2) is 0 Å². The zero-order valence-electron chi connectivity index (χ0n) is 13.2. The average Bonchev–Trinajstić information content (AvgIpc) is 2.53. The zero-order chi connectivity index (χ0) is 16.4. The Morgan fingerprint density at radius 2 is 2.00 bits per heavy atom. The Morgan fingerprint density at radius 3 is 2.70 bits per heavy atom. The molecule has 0 saturated carbocycles. The summed E-state index contributed by atoms with van der Waals surface area (Å²) in [5, 5.41) is 0.643. The molecular formula is C17H19NO4S. The fraction of sp³-hybridized carbons (Fsp3) is 0.412. The lowest BCUT2D eigenvalue weighted by Gasteiger charge is -2.26. The Bertz CT molecular complexity index is 778. The molecule has 0 radical (unpaired) electrons. The molecular weight excluding hydrogens is 314 g/mol. The van der Waals surface area contributed by atoms with Crippen LogP contribution in [0.15, 0.2) is 33.5 Å². The van der Waals surface area contributed by atoms with Crippen molar-refractivity contribution in [3.63, 3.8) is 0 Å². The third kappa shape index (κ3) is 3.52. The van der Waals surface area contributed by atoms with E-state index >= 15 is 0 Å². The number of amides is 1. The van der Waals surface area contributed by atoms with Gasteiger partial charge in [-0.2, -0.15) is 11.8 Å². The highest BCUT2D eigenvalue weighted by Crippen LogP contribution is 2.25. The molecule has 2 aromatic rings. The summed E-state index contributed by atoms with van der Waals surface area (Å²) in [6.07, 6.45) is 0.0230. The molecule has 6 heteroatoms. The van der Waals surface area contributed by atoms with Gasteiger partial charge in [0.05, 0.1) is 11.7 Å². The van der Waals surface area contributed by atoms with Crippen LogP contribution in [0.1, 0.15) is 24.2 Å². The van der Waals surface area contributed by atoms with Crippen molar-refractivity contribution in [3.05, 3.63) is 40.2 Å². The summed E-state index contributed by atoms with van der Waals surface area (Å²) in [7, 11) is 0. The van der Waals surface area contributed by atoms with Gasteiger partial charge in [-0.3, -0.25) is 4.79 Å². The van der Waals surface area contributed by atoms with Crippen LogP contribution in [0.2, 0.25) is 0 Å². The van der Waals surface area contributed by atoms with Gasteiger partial charge in [-0.15, -0.1) is 0 Å². The average molecular weight is 333 g/mol. The molecule has 3 rings (SSSR count). The molecule has 0 N–H and O–H groups in total. The first kappa shape index (κ1) is 15.9. The molecule has 122 valence electrons. The molecule has 0 atom stereocenters. The molecule has 5 nitrogen and oxygen atoms in total. The predicted molar refractivity (Wildman–Crippen MR) is 91.5 cm³/mol. The van der Waals surface area contributed by atoms with Gasteiger partial charge in [0, 0.05) is 42.1 Å². The summed E-state index contributed by atoms with van der Waals surface area (Å²) < 4.78 is 10.9. The Balaban J connectivity index is 2.02. The van der Waals surface area contributed by atoms with Crippen LogP contribution in [-0.2, 0) is 0 Å². The van der Waals surface area contributed by atoms with E-state index in [0.717, 1.165) is 11.5 Å². The van der Waals surface area contributed by atoms with Gasteiger partial charge in [0.25, 0.3) is 5.91 Å². The van der Waals surface area contributed by atoms with Crippen LogP contribution in [0.5, 0.6) is 5.75 Å². The minimum atomic E-state index is -0.520. The van der Waals surface area contributed by atoms with E-state index in [2.05, 4.69) is 0 Å². The van der Waals surface area contributed by atoms with Gasteiger partial charge >= 0.3 is 5.63 Å². The van der Waals surface area contributed by atoms with E-state index in [-0.39, 0.29) is 12.0 Å². The van der Waals surface area contributed by atoms with Crippen molar-refractivity contribution in [2.75, 3.05) is 24.6 Å². The van der Waals surface area contributed by atoms with Gasteiger partial charge in [0.2, 0.25) is 0 Å². The van der Waals surface area contributed by atoms with Crippen LogP contribution in [0.3, 0.4) is 0 Å². The molecule has 1 saturated heterocycles. The number of carbonyl (C=O) groups is 1. The second-order valence-corrected chi connectivity index (χ2v) is 6.93. The van der Waals surface area contributed by atoms with Crippen molar-refractivity contribution in [2.24, 2.45) is 0 Å². The molecule has 1 aromatic heterocycles. The van der Waals surface area contributed by atoms with Gasteiger partial charge in [0.1, 0.15) is 11.3 Å². The fourth-order valence-electron chi connectivity index (χ4n) is 2.60. The highest BCUT2D eigenvalue weighted by Gasteiger charge is 2.21. The van der Waals surface area contributed by atoms with Gasteiger partial charge in [-0.1, -0.05) is 0 Å². The van der Waals surface area contributed by atoms with E-state index in [1.165, 1.54) is 6.07 Å². The number of fused-ring (bicyclic) bond motifs is 1. The van der Waals surface area contributed by atoms with Crippen molar-refractivity contribution in [1.82, 2.24) is 4.90 Å². The monoisotopic (exact) mass is 333 g/mol. The smallest absolute Gasteiger partial charge is 0.337 e. The molecule has 1 amide bonds. The molecule has 23 heavy (non-hydrogen) atoms. The molecule has 1 aromatic carbocycles. The topological polar surface area (TPSA) is 59.8 Å².